The lowest BCUT2D eigenvalue weighted by molar-refractivity contribution is -0.0223. The SMILES string of the molecule is CCCCCCCCCC(F)(F)CCn1ccc(Cl)c1C(=O)O. The van der Waals surface area contributed by atoms with E-state index in [4.69, 9.17) is 16.7 Å². The van der Waals surface area contributed by atoms with E-state index in [1.165, 1.54) is 36.1 Å². The van der Waals surface area contributed by atoms with Crippen molar-refractivity contribution in [3.8, 4) is 0 Å². The number of aryl methyl sites for hydroxylation is 1. The van der Waals surface area contributed by atoms with Gasteiger partial charge in [0.15, 0.2) is 0 Å². The van der Waals surface area contributed by atoms with E-state index in [-0.39, 0.29) is 30.1 Å². The van der Waals surface area contributed by atoms with Crippen molar-refractivity contribution in [2.75, 3.05) is 0 Å². The van der Waals surface area contributed by atoms with Crippen molar-refractivity contribution in [3.05, 3.63) is 23.0 Å². The van der Waals surface area contributed by atoms with Crippen LogP contribution in [0.2, 0.25) is 5.02 Å². The van der Waals surface area contributed by atoms with Crippen LogP contribution in [-0.2, 0) is 6.54 Å². The predicted molar refractivity (Wildman–Crippen MR) is 88.6 cm³/mol. The minimum Gasteiger partial charge on any atom is -0.477 e. The first-order chi connectivity index (χ1) is 10.9. The average Bonchev–Trinajstić information content (AvgIpc) is 2.85. The molecule has 132 valence electrons. The summed E-state index contributed by atoms with van der Waals surface area (Å²) >= 11 is 5.76. The summed E-state index contributed by atoms with van der Waals surface area (Å²) in [5.41, 5.74) is -0.126. The lowest BCUT2D eigenvalue weighted by atomic mass is 10.0. The van der Waals surface area contributed by atoms with Gasteiger partial charge in [0.25, 0.3) is 0 Å². The standard InChI is InChI=1S/C17H26ClF2NO2/c1-2-3-4-5-6-7-8-10-17(19,20)11-13-21-12-9-14(18)15(21)16(22)23/h9,12H,2-8,10-11,13H2,1H3,(H,22,23). The summed E-state index contributed by atoms with van der Waals surface area (Å²) < 4.78 is 29.1. The predicted octanol–water partition coefficient (Wildman–Crippen LogP) is 6.01. The van der Waals surface area contributed by atoms with Crippen LogP contribution in [0, 0.1) is 0 Å². The summed E-state index contributed by atoms with van der Waals surface area (Å²) in [6.07, 6.45) is 7.96. The topological polar surface area (TPSA) is 42.2 Å². The summed E-state index contributed by atoms with van der Waals surface area (Å²) in [6.45, 7) is 2.10. The summed E-state index contributed by atoms with van der Waals surface area (Å²) in [6, 6.07) is 1.42. The molecule has 3 nitrogen and oxygen atoms in total. The van der Waals surface area contributed by atoms with Crippen LogP contribution in [0.3, 0.4) is 0 Å². The Hall–Kier alpha value is -1.10. The van der Waals surface area contributed by atoms with Gasteiger partial charge in [0, 0.05) is 25.6 Å². The minimum absolute atomic E-state index is 0.0438. The van der Waals surface area contributed by atoms with Crippen LogP contribution in [0.25, 0.3) is 0 Å². The first-order valence-corrected chi connectivity index (χ1v) is 8.71. The Kier molecular flexibility index (Phi) is 8.59. The third-order valence-electron chi connectivity index (χ3n) is 3.98. The van der Waals surface area contributed by atoms with Gasteiger partial charge >= 0.3 is 5.97 Å². The molecule has 0 aromatic carbocycles. The second kappa shape index (κ2) is 9.91. The van der Waals surface area contributed by atoms with Gasteiger partial charge in [-0.15, -0.1) is 0 Å². The van der Waals surface area contributed by atoms with E-state index < -0.39 is 11.9 Å². The Morgan fingerprint density at radius 1 is 1.17 bits per heavy atom. The zero-order chi connectivity index (χ0) is 17.3. The Morgan fingerprint density at radius 2 is 1.78 bits per heavy atom. The number of rotatable bonds is 12. The zero-order valence-corrected chi connectivity index (χ0v) is 14.4. The number of carboxylic acid groups (broad SMARTS) is 1. The van der Waals surface area contributed by atoms with Crippen molar-refractivity contribution < 1.29 is 18.7 Å². The van der Waals surface area contributed by atoms with Crippen molar-refractivity contribution in [2.24, 2.45) is 0 Å². The fourth-order valence-electron chi connectivity index (χ4n) is 2.61. The monoisotopic (exact) mass is 349 g/mol. The lowest BCUT2D eigenvalue weighted by Crippen LogP contribution is -2.20. The normalized spacial score (nSPS) is 11.8. The van der Waals surface area contributed by atoms with Crippen molar-refractivity contribution >= 4 is 17.6 Å². The maximum Gasteiger partial charge on any atom is 0.354 e. The number of hydrogen-bond donors (Lipinski definition) is 1. The first-order valence-electron chi connectivity index (χ1n) is 8.33. The second-order valence-corrected chi connectivity index (χ2v) is 6.40. The van der Waals surface area contributed by atoms with E-state index in [1.807, 2.05) is 0 Å². The number of alkyl halides is 2. The minimum atomic E-state index is -2.77. The second-order valence-electron chi connectivity index (χ2n) is 5.99. The van der Waals surface area contributed by atoms with Crippen LogP contribution < -0.4 is 0 Å². The Morgan fingerprint density at radius 3 is 2.39 bits per heavy atom. The van der Waals surface area contributed by atoms with Crippen LogP contribution in [0.4, 0.5) is 8.78 Å². The van der Waals surface area contributed by atoms with E-state index in [2.05, 4.69) is 6.92 Å². The van der Waals surface area contributed by atoms with Gasteiger partial charge in [-0.3, -0.25) is 0 Å². The molecule has 0 atom stereocenters. The molecule has 23 heavy (non-hydrogen) atoms. The fourth-order valence-corrected chi connectivity index (χ4v) is 2.85. The first kappa shape index (κ1) is 19.9. The molecule has 0 spiro atoms. The maximum atomic E-state index is 13.9. The molecule has 0 aliphatic heterocycles. The van der Waals surface area contributed by atoms with Gasteiger partial charge < -0.3 is 9.67 Å². The summed E-state index contributed by atoms with van der Waals surface area (Å²) in [5, 5.41) is 9.11. The highest BCUT2D eigenvalue weighted by atomic mass is 35.5. The van der Waals surface area contributed by atoms with Crippen LogP contribution in [0.15, 0.2) is 12.3 Å². The highest BCUT2D eigenvalue weighted by Gasteiger charge is 2.28. The number of halogens is 3. The summed E-state index contributed by atoms with van der Waals surface area (Å²) in [7, 11) is 0. The smallest absolute Gasteiger partial charge is 0.354 e. The Labute approximate surface area is 141 Å². The van der Waals surface area contributed by atoms with Crippen molar-refractivity contribution in [1.82, 2.24) is 4.57 Å². The maximum absolute atomic E-state index is 13.9. The summed E-state index contributed by atoms with van der Waals surface area (Å²) in [5.74, 6) is -3.97. The zero-order valence-electron chi connectivity index (χ0n) is 13.7. The van der Waals surface area contributed by atoms with Crippen molar-refractivity contribution in [3.63, 3.8) is 0 Å². The molecule has 0 aliphatic carbocycles. The van der Waals surface area contributed by atoms with Crippen molar-refractivity contribution in [1.29, 1.82) is 0 Å². The molecule has 0 aliphatic rings. The molecular weight excluding hydrogens is 324 g/mol. The van der Waals surface area contributed by atoms with E-state index in [0.717, 1.165) is 19.3 Å². The van der Waals surface area contributed by atoms with Gasteiger partial charge in [-0.1, -0.05) is 57.0 Å². The number of carbonyl (C=O) groups is 1. The van der Waals surface area contributed by atoms with Gasteiger partial charge in [0.1, 0.15) is 5.69 Å². The molecule has 0 fully saturated rings. The third kappa shape index (κ3) is 7.34. The molecule has 0 radical (unpaired) electrons. The number of hydrogen-bond acceptors (Lipinski definition) is 1. The van der Waals surface area contributed by atoms with Gasteiger partial charge in [0.2, 0.25) is 5.92 Å². The van der Waals surface area contributed by atoms with E-state index in [0.29, 0.717) is 6.42 Å². The Bertz CT molecular complexity index is 489. The van der Waals surface area contributed by atoms with Crippen LogP contribution >= 0.6 is 11.6 Å². The van der Waals surface area contributed by atoms with Gasteiger partial charge in [0.05, 0.1) is 5.02 Å². The molecule has 1 N–H and O–H groups in total. The fraction of sp³-hybridized carbons (Fsp3) is 0.706. The van der Waals surface area contributed by atoms with Crippen LogP contribution in [0.5, 0.6) is 0 Å². The summed E-state index contributed by atoms with van der Waals surface area (Å²) in [4.78, 5) is 11.1. The number of carboxylic acids is 1. The molecular formula is C17H26ClF2NO2. The highest BCUT2D eigenvalue weighted by Crippen LogP contribution is 2.28. The molecule has 1 rings (SSSR count). The number of nitrogens with zero attached hydrogens (tertiary/aromatic N) is 1. The molecule has 6 heteroatoms. The largest absolute Gasteiger partial charge is 0.477 e. The molecule has 0 saturated heterocycles. The van der Waals surface area contributed by atoms with E-state index in [9.17, 15) is 13.6 Å². The number of aromatic carboxylic acids is 1. The van der Waals surface area contributed by atoms with Gasteiger partial charge in [-0.2, -0.15) is 0 Å². The molecule has 0 unspecified atom stereocenters. The van der Waals surface area contributed by atoms with Gasteiger partial charge in [-0.05, 0) is 12.5 Å². The van der Waals surface area contributed by atoms with Crippen molar-refractivity contribution in [2.45, 2.75) is 77.2 Å². The number of unbranched alkanes of at least 4 members (excludes halogenated alkanes) is 6. The van der Waals surface area contributed by atoms with E-state index in [1.54, 1.807) is 0 Å². The quantitative estimate of drug-likeness (QED) is 0.470. The number of aromatic nitrogens is 1. The van der Waals surface area contributed by atoms with E-state index >= 15 is 0 Å². The molecule has 1 aromatic heterocycles. The lowest BCUT2D eigenvalue weighted by Gasteiger charge is -2.17. The molecule has 1 aromatic rings. The highest BCUT2D eigenvalue weighted by molar-refractivity contribution is 6.33. The van der Waals surface area contributed by atoms with Crippen LogP contribution in [0.1, 0.15) is 75.2 Å². The third-order valence-corrected chi connectivity index (χ3v) is 4.29. The molecule has 0 saturated carbocycles. The Balaban J connectivity index is 2.31. The average molecular weight is 350 g/mol. The molecule has 1 heterocycles. The molecule has 0 bridgehead atoms. The van der Waals surface area contributed by atoms with Crippen LogP contribution in [-0.4, -0.2) is 21.6 Å². The molecule has 0 amide bonds. The van der Waals surface area contributed by atoms with Gasteiger partial charge in [-0.25, -0.2) is 13.6 Å².